The molecule has 62 valence electrons. The molecule has 0 aliphatic rings. The van der Waals surface area contributed by atoms with Crippen molar-refractivity contribution in [1.82, 2.24) is 14.6 Å². The van der Waals surface area contributed by atoms with Gasteiger partial charge in [-0.2, -0.15) is 5.10 Å². The smallest absolute Gasteiger partial charge is 0.155 e. The number of fused-ring (bicyclic) bond motifs is 1. The van der Waals surface area contributed by atoms with E-state index in [1.54, 1.807) is 16.9 Å². The van der Waals surface area contributed by atoms with E-state index < -0.39 is 0 Å². The van der Waals surface area contributed by atoms with Crippen molar-refractivity contribution < 1.29 is 0 Å². The second kappa shape index (κ2) is 2.85. The average molecular weight is 293 g/mol. The van der Waals surface area contributed by atoms with Gasteiger partial charge in [0.1, 0.15) is 5.52 Å². The van der Waals surface area contributed by atoms with Gasteiger partial charge in [-0.15, -0.1) is 0 Å². The zero-order valence-corrected chi connectivity index (χ0v) is 9.17. The van der Waals surface area contributed by atoms with Crippen LogP contribution in [0.1, 0.15) is 5.69 Å². The fourth-order valence-electron chi connectivity index (χ4n) is 1.04. The van der Waals surface area contributed by atoms with Crippen molar-refractivity contribution in [2.45, 2.75) is 6.92 Å². The van der Waals surface area contributed by atoms with E-state index in [1.807, 2.05) is 6.92 Å². The van der Waals surface area contributed by atoms with Gasteiger partial charge in [0.25, 0.3) is 0 Å². The summed E-state index contributed by atoms with van der Waals surface area (Å²) in [6, 6.07) is 0. The highest BCUT2D eigenvalue weighted by atomic mass is 127. The minimum absolute atomic E-state index is 0.502. The Kier molecular flexibility index (Phi) is 1.96. The normalized spacial score (nSPS) is 10.9. The van der Waals surface area contributed by atoms with Crippen LogP contribution in [-0.4, -0.2) is 14.6 Å². The highest BCUT2D eigenvalue weighted by molar-refractivity contribution is 14.1. The van der Waals surface area contributed by atoms with E-state index >= 15 is 0 Å². The fourth-order valence-corrected chi connectivity index (χ4v) is 2.05. The molecule has 5 heteroatoms. The SMILES string of the molecule is Cc1nn2ccnc(Cl)c2c1I. The molecule has 0 saturated carbocycles. The second-order valence-corrected chi connectivity index (χ2v) is 3.85. The molecule has 0 bridgehead atoms. The lowest BCUT2D eigenvalue weighted by atomic mass is 10.4. The molecular formula is C7H5ClIN3. The quantitative estimate of drug-likeness (QED) is 0.698. The molecule has 0 spiro atoms. The van der Waals surface area contributed by atoms with Crippen molar-refractivity contribution in [2.75, 3.05) is 0 Å². The molecule has 0 unspecified atom stereocenters. The zero-order chi connectivity index (χ0) is 8.72. The summed E-state index contributed by atoms with van der Waals surface area (Å²) in [7, 11) is 0. The van der Waals surface area contributed by atoms with Crippen LogP contribution in [0.4, 0.5) is 0 Å². The van der Waals surface area contributed by atoms with Crippen molar-refractivity contribution in [1.29, 1.82) is 0 Å². The Morgan fingerprint density at radius 2 is 2.33 bits per heavy atom. The topological polar surface area (TPSA) is 30.2 Å². The first-order chi connectivity index (χ1) is 5.70. The van der Waals surface area contributed by atoms with Gasteiger partial charge in [-0.05, 0) is 29.5 Å². The standard InChI is InChI=1S/C7H5ClIN3/c1-4-5(9)6-7(8)10-2-3-12(6)11-4/h2-3H,1H3. The molecule has 3 nitrogen and oxygen atoms in total. The van der Waals surface area contributed by atoms with Gasteiger partial charge in [-0.1, -0.05) is 11.6 Å². The van der Waals surface area contributed by atoms with Gasteiger partial charge in [0, 0.05) is 12.4 Å². The number of aryl methyl sites for hydroxylation is 1. The minimum Gasteiger partial charge on any atom is -0.241 e. The molecule has 0 aliphatic heterocycles. The highest BCUT2D eigenvalue weighted by Crippen LogP contribution is 2.22. The molecule has 0 N–H and O–H groups in total. The first kappa shape index (κ1) is 8.25. The molecule has 2 aromatic heterocycles. The van der Waals surface area contributed by atoms with Crippen molar-refractivity contribution in [3.8, 4) is 0 Å². The van der Waals surface area contributed by atoms with Gasteiger partial charge < -0.3 is 0 Å². The van der Waals surface area contributed by atoms with E-state index in [0.29, 0.717) is 5.15 Å². The first-order valence-electron chi connectivity index (χ1n) is 3.35. The summed E-state index contributed by atoms with van der Waals surface area (Å²) in [5.41, 5.74) is 1.86. The van der Waals surface area contributed by atoms with Gasteiger partial charge in [0.2, 0.25) is 0 Å². The summed E-state index contributed by atoms with van der Waals surface area (Å²) in [5.74, 6) is 0. The molecule has 2 heterocycles. The number of halogens is 2. The number of hydrogen-bond donors (Lipinski definition) is 0. The van der Waals surface area contributed by atoms with Crippen molar-refractivity contribution >= 4 is 39.7 Å². The van der Waals surface area contributed by atoms with Crippen LogP contribution in [0.25, 0.3) is 5.52 Å². The lowest BCUT2D eigenvalue weighted by Crippen LogP contribution is -1.88. The summed E-state index contributed by atoms with van der Waals surface area (Å²) in [6.07, 6.45) is 3.42. The largest absolute Gasteiger partial charge is 0.241 e. The third-order valence-corrected chi connectivity index (χ3v) is 3.17. The Morgan fingerprint density at radius 1 is 1.58 bits per heavy atom. The molecule has 2 aromatic rings. The Bertz CT molecular complexity index is 437. The second-order valence-electron chi connectivity index (χ2n) is 2.41. The maximum Gasteiger partial charge on any atom is 0.155 e. The molecule has 2 rings (SSSR count). The molecule has 0 aliphatic carbocycles. The lowest BCUT2D eigenvalue weighted by Gasteiger charge is -1.93. The maximum absolute atomic E-state index is 5.90. The molecule has 0 aromatic carbocycles. The Morgan fingerprint density at radius 3 is 3.00 bits per heavy atom. The molecule has 0 radical (unpaired) electrons. The Labute approximate surface area is 87.9 Å². The van der Waals surface area contributed by atoms with Crippen LogP contribution in [-0.2, 0) is 0 Å². The number of aromatic nitrogens is 3. The predicted octanol–water partition coefficient (Wildman–Crippen LogP) is 2.30. The van der Waals surface area contributed by atoms with Crippen LogP contribution in [0.3, 0.4) is 0 Å². The van der Waals surface area contributed by atoms with Gasteiger partial charge in [-0.3, -0.25) is 0 Å². The van der Waals surface area contributed by atoms with Crippen LogP contribution in [0.15, 0.2) is 12.4 Å². The van der Waals surface area contributed by atoms with Gasteiger partial charge >= 0.3 is 0 Å². The van der Waals surface area contributed by atoms with Crippen LogP contribution >= 0.6 is 34.2 Å². The van der Waals surface area contributed by atoms with E-state index in [9.17, 15) is 0 Å². The molecule has 12 heavy (non-hydrogen) atoms. The van der Waals surface area contributed by atoms with Crippen molar-refractivity contribution in [2.24, 2.45) is 0 Å². The summed E-state index contributed by atoms with van der Waals surface area (Å²) in [6.45, 7) is 1.95. The van der Waals surface area contributed by atoms with Gasteiger partial charge in [0.15, 0.2) is 5.15 Å². The van der Waals surface area contributed by atoms with Crippen LogP contribution in [0.2, 0.25) is 5.15 Å². The number of hydrogen-bond acceptors (Lipinski definition) is 2. The molecule has 0 amide bonds. The summed E-state index contributed by atoms with van der Waals surface area (Å²) in [4.78, 5) is 3.98. The minimum atomic E-state index is 0.502. The summed E-state index contributed by atoms with van der Waals surface area (Å²) in [5, 5.41) is 4.76. The van der Waals surface area contributed by atoms with E-state index in [2.05, 4.69) is 32.7 Å². The van der Waals surface area contributed by atoms with E-state index in [0.717, 1.165) is 14.8 Å². The van der Waals surface area contributed by atoms with Crippen LogP contribution in [0.5, 0.6) is 0 Å². The Hall–Kier alpha value is -0.360. The first-order valence-corrected chi connectivity index (χ1v) is 4.81. The Balaban J connectivity index is 2.97. The van der Waals surface area contributed by atoms with Crippen LogP contribution in [0, 0.1) is 10.5 Å². The van der Waals surface area contributed by atoms with Gasteiger partial charge in [-0.25, -0.2) is 9.50 Å². The number of nitrogens with zero attached hydrogens (tertiary/aromatic N) is 3. The molecule has 0 saturated heterocycles. The predicted molar refractivity (Wildman–Crippen MR) is 55.5 cm³/mol. The van der Waals surface area contributed by atoms with Crippen LogP contribution < -0.4 is 0 Å². The van der Waals surface area contributed by atoms with E-state index in [4.69, 9.17) is 11.6 Å². The monoisotopic (exact) mass is 293 g/mol. The van der Waals surface area contributed by atoms with Crippen molar-refractivity contribution in [3.63, 3.8) is 0 Å². The summed E-state index contributed by atoms with van der Waals surface area (Å²) >= 11 is 8.11. The third-order valence-electron chi connectivity index (χ3n) is 1.60. The van der Waals surface area contributed by atoms with Crippen molar-refractivity contribution in [3.05, 3.63) is 26.8 Å². The summed E-state index contributed by atoms with van der Waals surface area (Å²) < 4.78 is 2.80. The van der Waals surface area contributed by atoms with E-state index in [1.165, 1.54) is 0 Å². The molecular weight excluding hydrogens is 288 g/mol. The average Bonchev–Trinajstić information content (AvgIpc) is 2.29. The zero-order valence-electron chi connectivity index (χ0n) is 6.25. The van der Waals surface area contributed by atoms with Gasteiger partial charge in [0.05, 0.1) is 9.26 Å². The highest BCUT2D eigenvalue weighted by Gasteiger charge is 2.09. The maximum atomic E-state index is 5.90. The fraction of sp³-hybridized carbons (Fsp3) is 0.143. The lowest BCUT2D eigenvalue weighted by molar-refractivity contribution is 0.922. The number of rotatable bonds is 0. The molecule has 0 atom stereocenters. The third kappa shape index (κ3) is 1.09. The molecule has 0 fully saturated rings. The van der Waals surface area contributed by atoms with E-state index in [-0.39, 0.29) is 0 Å².